The van der Waals surface area contributed by atoms with Gasteiger partial charge in [-0.3, -0.25) is 0 Å². The van der Waals surface area contributed by atoms with Gasteiger partial charge in [0.2, 0.25) is 19.1 Å². The quantitative estimate of drug-likeness (QED) is 0.231. The first kappa shape index (κ1) is 16.0. The van der Waals surface area contributed by atoms with Crippen LogP contribution in [0.25, 0.3) is 11.3 Å². The van der Waals surface area contributed by atoms with Gasteiger partial charge >= 0.3 is 0 Å². The minimum Gasteiger partial charge on any atom is -0.201 e. The summed E-state index contributed by atoms with van der Waals surface area (Å²) in [5, 5.41) is 0. The van der Waals surface area contributed by atoms with Crippen LogP contribution in [0.4, 0.5) is 0 Å². The lowest BCUT2D eigenvalue weighted by atomic mass is 9.20. The van der Waals surface area contributed by atoms with E-state index in [-0.39, 0.29) is 33.2 Å². The van der Waals surface area contributed by atoms with Crippen molar-refractivity contribution in [3.63, 3.8) is 0 Å². The first-order valence-corrected chi connectivity index (χ1v) is 13.8. The van der Waals surface area contributed by atoms with E-state index in [1.54, 1.807) is 38.1 Å². The Kier molecular flexibility index (Phi) is 4.10. The monoisotopic (exact) mass is 545 g/mol. The van der Waals surface area contributed by atoms with E-state index in [0.717, 1.165) is 16.8 Å². The van der Waals surface area contributed by atoms with Crippen molar-refractivity contribution in [2.75, 3.05) is 0 Å². The molecule has 0 radical (unpaired) electrons. The molecule has 0 bridgehead atoms. The molecule has 1 aromatic heterocycles. The fourth-order valence-corrected chi connectivity index (χ4v) is 6.53. The molecule has 1 nitrogen and oxygen atoms in total. The predicted molar refractivity (Wildman–Crippen MR) is 179 cm³/mol. The molecule has 2 heterocycles. The summed E-state index contributed by atoms with van der Waals surface area (Å²) in [6.07, 6.45) is 1.86. The average Bonchev–Trinajstić information content (AvgIpc) is 3.05. The van der Waals surface area contributed by atoms with Gasteiger partial charge in [-0.05, 0) is 57.4 Å². The Morgan fingerprint density at radius 3 is 1.78 bits per heavy atom. The molecule has 0 aliphatic carbocycles. The predicted octanol–water partition coefficient (Wildman–Crippen LogP) is 4.19. The number of nitrogens with zero attached hydrogens (tertiary/aromatic N) is 1. The summed E-state index contributed by atoms with van der Waals surface area (Å²) < 4.78 is 114. The van der Waals surface area contributed by atoms with Crippen molar-refractivity contribution in [1.82, 2.24) is 0 Å². The SMILES string of the molecule is [2H]C([2H])([2H])c1cccc(C([2H])([2H])[2H])c1B1c2ccccc2B(c2c(C([2H])([2H])[2H])cccc2C([2H])([2H])[2H])c2c1ccc(-c1cc(C([2H])(C)C)cc[n+]1C)c2C. The largest absolute Gasteiger partial charge is 0.241 e. The lowest BCUT2D eigenvalue weighted by molar-refractivity contribution is -0.660. The van der Waals surface area contributed by atoms with E-state index >= 15 is 0 Å². The van der Waals surface area contributed by atoms with Crippen LogP contribution in [-0.2, 0) is 7.05 Å². The van der Waals surface area contributed by atoms with Gasteiger partial charge in [0.25, 0.3) is 0 Å². The highest BCUT2D eigenvalue weighted by Gasteiger charge is 2.41. The van der Waals surface area contributed by atoms with Gasteiger partial charge in [-0.2, -0.15) is 0 Å². The van der Waals surface area contributed by atoms with Crippen molar-refractivity contribution in [1.29, 1.82) is 0 Å². The molecule has 0 amide bonds. The summed E-state index contributed by atoms with van der Waals surface area (Å²) in [6.45, 7) is -7.26. The van der Waals surface area contributed by atoms with Crippen LogP contribution in [0.2, 0.25) is 0 Å². The normalized spacial score (nSPS) is 18.7. The van der Waals surface area contributed by atoms with Crippen molar-refractivity contribution < 1.29 is 22.4 Å². The first-order valence-electron chi connectivity index (χ1n) is 20.3. The standard InChI is InChI=1S/C38H40B2N/c1-24(2)30-21-22-41(8)35(23-30)31-19-20-34-38(29(31)7)40(37-27(5)15-12-16-28(37)6)33-18-10-9-17-32(33)39(34)36-25(3)13-11-14-26(36)4/h9-24H,1-8H3/q+1/i3D3,4D3,5D3,6D3,24D. The minimum atomic E-state index is -2.71. The Bertz CT molecular complexity index is 2200. The van der Waals surface area contributed by atoms with E-state index in [4.69, 9.17) is 17.8 Å². The summed E-state index contributed by atoms with van der Waals surface area (Å²) >= 11 is 0. The van der Waals surface area contributed by atoms with Crippen LogP contribution in [0.1, 0.15) is 70.9 Å². The zero-order chi connectivity index (χ0) is 39.9. The Labute approximate surface area is 265 Å². The number of aromatic nitrogens is 1. The zero-order valence-corrected chi connectivity index (χ0v) is 23.8. The van der Waals surface area contributed by atoms with E-state index in [1.165, 1.54) is 36.4 Å². The van der Waals surface area contributed by atoms with Gasteiger partial charge in [0.05, 0.1) is 0 Å². The van der Waals surface area contributed by atoms with Crippen LogP contribution >= 0.6 is 0 Å². The summed E-state index contributed by atoms with van der Waals surface area (Å²) in [4.78, 5) is 0. The van der Waals surface area contributed by atoms with Gasteiger partial charge in [0.15, 0.2) is 6.20 Å². The molecule has 0 saturated heterocycles. The van der Waals surface area contributed by atoms with Crippen LogP contribution in [-0.4, -0.2) is 13.4 Å². The van der Waals surface area contributed by atoms with Crippen molar-refractivity contribution in [3.8, 4) is 11.3 Å². The summed E-state index contributed by atoms with van der Waals surface area (Å²) in [5.74, 6) is -0.935. The second kappa shape index (κ2) is 10.5. The molecule has 3 heteroatoms. The molecule has 0 spiro atoms. The zero-order valence-electron chi connectivity index (χ0n) is 36.8. The molecule has 0 saturated carbocycles. The van der Waals surface area contributed by atoms with Gasteiger partial charge in [-0.15, -0.1) is 0 Å². The fourth-order valence-electron chi connectivity index (χ4n) is 6.53. The first-order chi connectivity index (χ1) is 24.8. The van der Waals surface area contributed by atoms with Crippen LogP contribution in [0, 0.1) is 34.3 Å². The molecule has 0 unspecified atom stereocenters. The van der Waals surface area contributed by atoms with Crippen molar-refractivity contribution in [3.05, 3.63) is 125 Å². The Balaban J connectivity index is 1.85. The molecule has 41 heavy (non-hydrogen) atoms. The highest BCUT2D eigenvalue weighted by Crippen LogP contribution is 2.24. The number of fused-ring (bicyclic) bond motifs is 2. The summed E-state index contributed by atoms with van der Waals surface area (Å²) in [5.41, 5.74) is 4.81. The third-order valence-electron chi connectivity index (χ3n) is 8.56. The molecule has 0 N–H and O–H groups in total. The number of hydrogen-bond acceptors (Lipinski definition) is 0. The lowest BCUT2D eigenvalue weighted by Crippen LogP contribution is -2.76. The van der Waals surface area contributed by atoms with Crippen LogP contribution in [0.5, 0.6) is 0 Å². The van der Waals surface area contributed by atoms with Gasteiger partial charge in [-0.25, -0.2) is 4.57 Å². The molecule has 6 rings (SSSR count). The van der Waals surface area contributed by atoms with Crippen LogP contribution < -0.4 is 37.3 Å². The second-order valence-corrected chi connectivity index (χ2v) is 11.2. The maximum Gasteiger partial charge on any atom is 0.241 e. The average molecular weight is 545 g/mol. The van der Waals surface area contributed by atoms with Gasteiger partial charge in [0, 0.05) is 35.5 Å². The summed E-state index contributed by atoms with van der Waals surface area (Å²) in [7, 11) is 1.87. The van der Waals surface area contributed by atoms with E-state index in [9.17, 15) is 0 Å². The summed E-state index contributed by atoms with van der Waals surface area (Å²) in [6, 6.07) is 23.2. The smallest absolute Gasteiger partial charge is 0.201 e. The third kappa shape index (κ3) is 4.47. The van der Waals surface area contributed by atoms with Crippen LogP contribution in [0.15, 0.2) is 91.1 Å². The van der Waals surface area contributed by atoms with Crippen molar-refractivity contribution >= 4 is 46.2 Å². The molecule has 5 aromatic rings. The molecule has 0 atom stereocenters. The molecule has 1 aliphatic rings. The Morgan fingerprint density at radius 1 is 0.659 bits per heavy atom. The topological polar surface area (TPSA) is 3.88 Å². The van der Waals surface area contributed by atoms with Crippen molar-refractivity contribution in [2.45, 2.75) is 54.1 Å². The molecule has 0 fully saturated rings. The second-order valence-electron chi connectivity index (χ2n) is 11.2. The van der Waals surface area contributed by atoms with E-state index in [0.29, 0.717) is 27.4 Å². The molecular weight excluding hydrogens is 492 g/mol. The fraction of sp³-hybridized carbons (Fsp3) is 0.237. The van der Waals surface area contributed by atoms with Gasteiger partial charge in [-0.1, -0.05) is 136 Å². The molecule has 1 aliphatic heterocycles. The molecule has 202 valence electrons. The number of pyridine rings is 1. The van der Waals surface area contributed by atoms with Crippen LogP contribution in [0.3, 0.4) is 0 Å². The van der Waals surface area contributed by atoms with Gasteiger partial charge < -0.3 is 0 Å². The van der Waals surface area contributed by atoms with E-state index in [1.807, 2.05) is 49.0 Å². The maximum atomic E-state index is 8.75. The highest BCUT2D eigenvalue weighted by molar-refractivity contribution is 7.11. The Morgan fingerprint density at radius 2 is 1.22 bits per heavy atom. The molecule has 4 aromatic carbocycles. The lowest BCUT2D eigenvalue weighted by Gasteiger charge is -2.36. The number of hydrogen-bond donors (Lipinski definition) is 0. The number of benzene rings is 4. The maximum absolute atomic E-state index is 8.75. The van der Waals surface area contributed by atoms with E-state index < -0.39 is 46.7 Å². The van der Waals surface area contributed by atoms with Crippen molar-refractivity contribution in [2.24, 2.45) is 7.05 Å². The van der Waals surface area contributed by atoms with E-state index in [2.05, 4.69) is 0 Å². The Hall–Kier alpha value is -3.84. The van der Waals surface area contributed by atoms with Gasteiger partial charge in [0.1, 0.15) is 7.05 Å². The molecular formula is C38H40B2N+. The third-order valence-corrected chi connectivity index (χ3v) is 8.56. The minimum absolute atomic E-state index is 0.107. The number of aryl methyl sites for hydroxylation is 5. The highest BCUT2D eigenvalue weighted by atomic mass is 14.9. The number of rotatable bonds is 4.